The zero-order chi connectivity index (χ0) is 34.7. The quantitative estimate of drug-likeness (QED) is 0.170. The minimum absolute atomic E-state index is 0.680. The number of nitrogens with zero attached hydrogens (tertiary/aromatic N) is 4. The third-order valence-corrected chi connectivity index (χ3v) is 9.43. The number of benzene rings is 6. The van der Waals surface area contributed by atoms with Crippen molar-refractivity contribution in [2.45, 2.75) is 0 Å². The maximum absolute atomic E-state index is 5.22. The molecular weight excluding hydrogens is 633 g/mol. The van der Waals surface area contributed by atoms with Crippen molar-refractivity contribution < 1.29 is 0 Å². The van der Waals surface area contributed by atoms with Crippen LogP contribution in [0.5, 0.6) is 0 Å². The highest BCUT2D eigenvalue weighted by Crippen LogP contribution is 2.37. The molecule has 244 valence electrons. The third-order valence-electron chi connectivity index (χ3n) is 9.43. The van der Waals surface area contributed by atoms with E-state index < -0.39 is 0 Å². The standard InChI is InChI=1S/C48H32N4/c1-3-10-33(11-4-1)34-22-24-37(25-23-34)45-31-46(52-48(51-45)39-12-5-2-6-13-39)43-29-41(36-20-18-35(19-21-36)40-16-8-26-49-32-40)28-42(30-43)44-17-7-14-38-15-9-27-50-47(38)44/h1-32H. The lowest BCUT2D eigenvalue weighted by Crippen LogP contribution is -1.97. The molecule has 0 aliphatic heterocycles. The van der Waals surface area contributed by atoms with E-state index in [1.807, 2.05) is 48.8 Å². The summed E-state index contributed by atoms with van der Waals surface area (Å²) in [7, 11) is 0. The van der Waals surface area contributed by atoms with Gasteiger partial charge in [0.05, 0.1) is 16.9 Å². The Labute approximate surface area is 302 Å². The molecule has 0 unspecified atom stereocenters. The van der Waals surface area contributed by atoms with Crippen molar-refractivity contribution in [1.29, 1.82) is 0 Å². The topological polar surface area (TPSA) is 51.6 Å². The number of aromatic nitrogens is 4. The Morgan fingerprint density at radius 2 is 0.865 bits per heavy atom. The maximum atomic E-state index is 5.22. The Hall–Kier alpha value is -7.04. The fourth-order valence-electron chi connectivity index (χ4n) is 6.75. The first-order valence-corrected chi connectivity index (χ1v) is 17.4. The summed E-state index contributed by atoms with van der Waals surface area (Å²) < 4.78 is 0. The molecule has 0 atom stereocenters. The van der Waals surface area contributed by atoms with Crippen LogP contribution in [0.3, 0.4) is 0 Å². The third kappa shape index (κ3) is 6.26. The van der Waals surface area contributed by atoms with Crippen LogP contribution < -0.4 is 0 Å². The predicted octanol–water partition coefficient (Wildman–Crippen LogP) is 12.1. The Morgan fingerprint density at radius 3 is 1.58 bits per heavy atom. The summed E-state index contributed by atoms with van der Waals surface area (Å²) in [6, 6.07) is 61.3. The molecule has 4 heteroatoms. The van der Waals surface area contributed by atoms with Gasteiger partial charge in [-0.25, -0.2) is 9.97 Å². The molecule has 0 saturated heterocycles. The summed E-state index contributed by atoms with van der Waals surface area (Å²) in [6.07, 6.45) is 5.56. The van der Waals surface area contributed by atoms with Gasteiger partial charge in [0.2, 0.25) is 0 Å². The molecule has 0 amide bonds. The van der Waals surface area contributed by atoms with Crippen molar-refractivity contribution in [1.82, 2.24) is 19.9 Å². The van der Waals surface area contributed by atoms with E-state index in [1.54, 1.807) is 6.20 Å². The van der Waals surface area contributed by atoms with Crippen LogP contribution >= 0.6 is 0 Å². The summed E-state index contributed by atoms with van der Waals surface area (Å²) in [4.78, 5) is 19.5. The minimum Gasteiger partial charge on any atom is -0.264 e. The lowest BCUT2D eigenvalue weighted by molar-refractivity contribution is 1.18. The molecule has 0 aliphatic rings. The van der Waals surface area contributed by atoms with Crippen molar-refractivity contribution in [3.63, 3.8) is 0 Å². The second-order valence-electron chi connectivity index (χ2n) is 12.8. The van der Waals surface area contributed by atoms with Gasteiger partial charge >= 0.3 is 0 Å². The fraction of sp³-hybridized carbons (Fsp3) is 0. The van der Waals surface area contributed by atoms with Crippen molar-refractivity contribution in [3.8, 4) is 78.4 Å². The highest BCUT2D eigenvalue weighted by Gasteiger charge is 2.15. The van der Waals surface area contributed by atoms with Gasteiger partial charge in [0.15, 0.2) is 5.82 Å². The Bertz CT molecular complexity index is 2630. The molecule has 0 saturated carbocycles. The molecule has 6 aromatic carbocycles. The zero-order valence-corrected chi connectivity index (χ0v) is 28.3. The Balaban J connectivity index is 1.22. The first kappa shape index (κ1) is 31.0. The summed E-state index contributed by atoms with van der Waals surface area (Å²) in [5.41, 5.74) is 14.6. The van der Waals surface area contributed by atoms with Crippen molar-refractivity contribution in [3.05, 3.63) is 195 Å². The van der Waals surface area contributed by atoms with Gasteiger partial charge in [0, 0.05) is 46.2 Å². The number of para-hydroxylation sites is 1. The normalized spacial score (nSPS) is 11.1. The van der Waals surface area contributed by atoms with E-state index in [2.05, 4.69) is 145 Å². The van der Waals surface area contributed by atoms with Crippen LogP contribution in [0.15, 0.2) is 195 Å². The SMILES string of the molecule is c1ccc(-c2ccc(-c3cc(-c4cc(-c5ccc(-c6cccnc6)cc5)cc(-c5cccc6cccnc56)c4)nc(-c4ccccc4)n3)cc2)cc1. The Kier molecular flexibility index (Phi) is 8.16. The first-order valence-electron chi connectivity index (χ1n) is 17.4. The second kappa shape index (κ2) is 13.7. The number of rotatable bonds is 7. The molecule has 4 nitrogen and oxygen atoms in total. The number of fused-ring (bicyclic) bond motifs is 1. The zero-order valence-electron chi connectivity index (χ0n) is 28.3. The van der Waals surface area contributed by atoms with Gasteiger partial charge in [-0.15, -0.1) is 0 Å². The highest BCUT2D eigenvalue weighted by molar-refractivity contribution is 5.95. The minimum atomic E-state index is 0.680. The van der Waals surface area contributed by atoms with Gasteiger partial charge in [-0.3, -0.25) is 9.97 Å². The predicted molar refractivity (Wildman–Crippen MR) is 213 cm³/mol. The van der Waals surface area contributed by atoms with E-state index in [1.165, 1.54) is 5.56 Å². The monoisotopic (exact) mass is 664 g/mol. The molecular formula is C48H32N4. The molecule has 3 heterocycles. The van der Waals surface area contributed by atoms with Gasteiger partial charge in [0.1, 0.15) is 0 Å². The summed E-state index contributed by atoms with van der Waals surface area (Å²) >= 11 is 0. The van der Waals surface area contributed by atoms with E-state index >= 15 is 0 Å². The molecule has 0 radical (unpaired) electrons. The molecule has 9 aromatic rings. The summed E-state index contributed by atoms with van der Waals surface area (Å²) in [6.45, 7) is 0. The van der Waals surface area contributed by atoms with E-state index in [-0.39, 0.29) is 0 Å². The van der Waals surface area contributed by atoms with Crippen LogP contribution in [-0.2, 0) is 0 Å². The van der Waals surface area contributed by atoms with Crippen LogP contribution in [0.2, 0.25) is 0 Å². The van der Waals surface area contributed by atoms with Gasteiger partial charge < -0.3 is 0 Å². The molecule has 0 N–H and O–H groups in total. The van der Waals surface area contributed by atoms with E-state index in [9.17, 15) is 0 Å². The number of hydrogen-bond donors (Lipinski definition) is 0. The molecule has 0 bridgehead atoms. The van der Waals surface area contributed by atoms with Crippen molar-refractivity contribution >= 4 is 10.9 Å². The van der Waals surface area contributed by atoms with Gasteiger partial charge in [0.25, 0.3) is 0 Å². The molecule has 0 aliphatic carbocycles. The number of hydrogen-bond acceptors (Lipinski definition) is 4. The fourth-order valence-corrected chi connectivity index (χ4v) is 6.75. The molecule has 52 heavy (non-hydrogen) atoms. The van der Waals surface area contributed by atoms with E-state index in [0.717, 1.165) is 77.9 Å². The second-order valence-corrected chi connectivity index (χ2v) is 12.8. The van der Waals surface area contributed by atoms with Gasteiger partial charge in [-0.05, 0) is 75.3 Å². The van der Waals surface area contributed by atoms with Crippen LogP contribution in [0.25, 0.3) is 89.3 Å². The smallest absolute Gasteiger partial charge is 0.160 e. The largest absolute Gasteiger partial charge is 0.264 e. The van der Waals surface area contributed by atoms with Gasteiger partial charge in [-0.2, -0.15) is 0 Å². The lowest BCUT2D eigenvalue weighted by atomic mass is 9.92. The van der Waals surface area contributed by atoms with Crippen LogP contribution in [0.1, 0.15) is 0 Å². The molecule has 3 aromatic heterocycles. The van der Waals surface area contributed by atoms with E-state index in [4.69, 9.17) is 15.0 Å². The average molecular weight is 665 g/mol. The van der Waals surface area contributed by atoms with E-state index in [0.29, 0.717) is 5.82 Å². The van der Waals surface area contributed by atoms with Gasteiger partial charge in [-0.1, -0.05) is 140 Å². The van der Waals surface area contributed by atoms with Crippen molar-refractivity contribution in [2.75, 3.05) is 0 Å². The van der Waals surface area contributed by atoms with Crippen LogP contribution in [0, 0.1) is 0 Å². The van der Waals surface area contributed by atoms with Crippen LogP contribution in [0.4, 0.5) is 0 Å². The summed E-state index contributed by atoms with van der Waals surface area (Å²) in [5, 5.41) is 1.10. The maximum Gasteiger partial charge on any atom is 0.160 e. The van der Waals surface area contributed by atoms with Crippen molar-refractivity contribution in [2.24, 2.45) is 0 Å². The summed E-state index contributed by atoms with van der Waals surface area (Å²) in [5.74, 6) is 0.680. The first-order chi connectivity index (χ1) is 25.7. The Morgan fingerprint density at radius 1 is 0.327 bits per heavy atom. The molecule has 0 spiro atoms. The highest BCUT2D eigenvalue weighted by atomic mass is 14.9. The lowest BCUT2D eigenvalue weighted by Gasteiger charge is -2.14. The molecule has 0 fully saturated rings. The van der Waals surface area contributed by atoms with Crippen LogP contribution in [-0.4, -0.2) is 19.9 Å². The number of pyridine rings is 2. The average Bonchev–Trinajstić information content (AvgIpc) is 3.24. The molecule has 9 rings (SSSR count).